The van der Waals surface area contributed by atoms with Crippen LogP contribution in [-0.4, -0.2) is 43.5 Å². The molecule has 0 amide bonds. The van der Waals surface area contributed by atoms with Crippen molar-refractivity contribution in [2.45, 2.75) is 19.4 Å². The summed E-state index contributed by atoms with van der Waals surface area (Å²) in [6.45, 7) is 4.24. The molecule has 1 rings (SSSR count). The summed E-state index contributed by atoms with van der Waals surface area (Å²) >= 11 is 0. The van der Waals surface area contributed by atoms with Crippen LogP contribution in [0.4, 0.5) is 0 Å². The number of nitrogens with zero attached hydrogens (tertiary/aromatic N) is 1. The summed E-state index contributed by atoms with van der Waals surface area (Å²) in [4.78, 5) is 12.9. The number of ketones is 1. The van der Waals surface area contributed by atoms with Crippen LogP contribution in [0, 0.1) is 0 Å². The highest BCUT2D eigenvalue weighted by Gasteiger charge is 2.18. The maximum atomic E-state index is 10.7. The Kier molecular flexibility index (Phi) is 3.02. The van der Waals surface area contributed by atoms with Gasteiger partial charge in [-0.3, -0.25) is 4.79 Å². The van der Waals surface area contributed by atoms with Gasteiger partial charge in [0.15, 0.2) is 0 Å². The van der Waals surface area contributed by atoms with E-state index in [2.05, 4.69) is 11.9 Å². The predicted molar refractivity (Wildman–Crippen MR) is 42.5 cm³/mol. The van der Waals surface area contributed by atoms with Gasteiger partial charge in [-0.2, -0.15) is 0 Å². The van der Waals surface area contributed by atoms with Gasteiger partial charge in [0.05, 0.1) is 12.7 Å². The number of ether oxygens (including phenoxy) is 1. The second-order valence-electron chi connectivity index (χ2n) is 3.16. The zero-order valence-electron chi connectivity index (χ0n) is 7.17. The van der Waals surface area contributed by atoms with E-state index in [1.165, 1.54) is 0 Å². The van der Waals surface area contributed by atoms with E-state index in [0.717, 1.165) is 19.7 Å². The van der Waals surface area contributed by atoms with Crippen LogP contribution in [0.25, 0.3) is 0 Å². The molecule has 1 atom stereocenters. The molecule has 0 saturated carbocycles. The monoisotopic (exact) mass is 157 g/mol. The molecule has 0 aromatic rings. The van der Waals surface area contributed by atoms with Gasteiger partial charge in [0.1, 0.15) is 5.78 Å². The van der Waals surface area contributed by atoms with E-state index in [4.69, 9.17) is 4.74 Å². The average molecular weight is 157 g/mol. The van der Waals surface area contributed by atoms with Gasteiger partial charge in [-0.1, -0.05) is 0 Å². The number of carbonyl (C=O) groups excluding carboxylic acids is 1. The fourth-order valence-electron chi connectivity index (χ4n) is 1.31. The largest absolute Gasteiger partial charge is 0.375 e. The minimum atomic E-state index is 0.131. The van der Waals surface area contributed by atoms with Crippen molar-refractivity contribution in [2.24, 2.45) is 0 Å². The molecule has 1 saturated heterocycles. The number of rotatable bonds is 2. The lowest BCUT2D eigenvalue weighted by atomic mass is 10.1. The van der Waals surface area contributed by atoms with Crippen molar-refractivity contribution in [1.29, 1.82) is 0 Å². The molecule has 0 bridgehead atoms. The first-order valence-corrected chi connectivity index (χ1v) is 3.98. The molecule has 0 N–H and O–H groups in total. The van der Waals surface area contributed by atoms with Crippen LogP contribution < -0.4 is 0 Å². The summed E-state index contributed by atoms with van der Waals surface area (Å²) in [5.74, 6) is 0.213. The molecule has 1 aliphatic heterocycles. The van der Waals surface area contributed by atoms with E-state index in [0.29, 0.717) is 6.42 Å². The van der Waals surface area contributed by atoms with Gasteiger partial charge in [-0.15, -0.1) is 0 Å². The highest BCUT2D eigenvalue weighted by atomic mass is 16.5. The molecule has 0 radical (unpaired) electrons. The van der Waals surface area contributed by atoms with Crippen LogP contribution in [0.2, 0.25) is 0 Å². The Morgan fingerprint density at radius 3 is 3.00 bits per heavy atom. The van der Waals surface area contributed by atoms with Crippen LogP contribution in [0.15, 0.2) is 0 Å². The third kappa shape index (κ3) is 2.99. The molecule has 1 unspecified atom stereocenters. The van der Waals surface area contributed by atoms with E-state index in [-0.39, 0.29) is 11.9 Å². The smallest absolute Gasteiger partial charge is 0.132 e. The van der Waals surface area contributed by atoms with Crippen molar-refractivity contribution in [3.05, 3.63) is 0 Å². The zero-order valence-corrected chi connectivity index (χ0v) is 7.17. The molecular weight excluding hydrogens is 142 g/mol. The first-order chi connectivity index (χ1) is 5.18. The molecule has 3 heteroatoms. The van der Waals surface area contributed by atoms with E-state index in [1.807, 2.05) is 0 Å². The standard InChI is InChI=1S/C8H15NO2/c1-7(10)5-8-6-9(2)3-4-11-8/h8H,3-6H2,1-2H3. The van der Waals surface area contributed by atoms with E-state index < -0.39 is 0 Å². The number of likely N-dealkylation sites (N-methyl/N-ethyl adjacent to an activating group) is 1. The third-order valence-electron chi connectivity index (χ3n) is 1.86. The Morgan fingerprint density at radius 1 is 1.73 bits per heavy atom. The lowest BCUT2D eigenvalue weighted by Crippen LogP contribution is -2.40. The fourth-order valence-corrected chi connectivity index (χ4v) is 1.31. The predicted octanol–water partition coefficient (Wildman–Crippen LogP) is 0.296. The van der Waals surface area contributed by atoms with Gasteiger partial charge in [0.2, 0.25) is 0 Å². The van der Waals surface area contributed by atoms with Gasteiger partial charge in [-0.25, -0.2) is 0 Å². The van der Waals surface area contributed by atoms with E-state index in [1.54, 1.807) is 6.92 Å². The van der Waals surface area contributed by atoms with Crippen molar-refractivity contribution in [3.63, 3.8) is 0 Å². The number of morpholine rings is 1. The van der Waals surface area contributed by atoms with Crippen molar-refractivity contribution in [1.82, 2.24) is 4.90 Å². The molecule has 0 aromatic carbocycles. The molecule has 3 nitrogen and oxygen atoms in total. The van der Waals surface area contributed by atoms with Crippen LogP contribution in [0.5, 0.6) is 0 Å². The van der Waals surface area contributed by atoms with Gasteiger partial charge >= 0.3 is 0 Å². The first kappa shape index (κ1) is 8.68. The summed E-state index contributed by atoms with van der Waals surface area (Å²) in [5, 5.41) is 0. The Bertz CT molecular complexity index is 147. The van der Waals surface area contributed by atoms with Crippen LogP contribution in [-0.2, 0) is 9.53 Å². The van der Waals surface area contributed by atoms with Gasteiger partial charge in [-0.05, 0) is 14.0 Å². The molecule has 0 aromatic heterocycles. The molecule has 1 fully saturated rings. The van der Waals surface area contributed by atoms with Crippen molar-refractivity contribution in [2.75, 3.05) is 26.7 Å². The molecule has 11 heavy (non-hydrogen) atoms. The van der Waals surface area contributed by atoms with Crippen LogP contribution in [0.3, 0.4) is 0 Å². The number of hydrogen-bond acceptors (Lipinski definition) is 3. The number of Topliss-reactive ketones (excluding diaryl/α,β-unsaturated/α-hetero) is 1. The molecular formula is C8H15NO2. The summed E-state index contributed by atoms with van der Waals surface area (Å²) in [5.41, 5.74) is 0. The third-order valence-corrected chi connectivity index (χ3v) is 1.86. The Balaban J connectivity index is 2.28. The lowest BCUT2D eigenvalue weighted by Gasteiger charge is -2.29. The SMILES string of the molecule is CC(=O)CC1CN(C)CCO1. The minimum absolute atomic E-state index is 0.131. The van der Waals surface area contributed by atoms with Gasteiger partial charge in [0.25, 0.3) is 0 Å². The Morgan fingerprint density at radius 2 is 2.45 bits per heavy atom. The zero-order chi connectivity index (χ0) is 8.27. The molecule has 1 aliphatic rings. The van der Waals surface area contributed by atoms with Crippen molar-refractivity contribution < 1.29 is 9.53 Å². The minimum Gasteiger partial charge on any atom is -0.375 e. The molecule has 64 valence electrons. The number of hydrogen-bond donors (Lipinski definition) is 0. The van der Waals surface area contributed by atoms with Crippen molar-refractivity contribution >= 4 is 5.78 Å². The first-order valence-electron chi connectivity index (χ1n) is 3.98. The van der Waals surface area contributed by atoms with Crippen molar-refractivity contribution in [3.8, 4) is 0 Å². The lowest BCUT2D eigenvalue weighted by molar-refractivity contribution is -0.121. The van der Waals surface area contributed by atoms with Crippen LogP contribution in [0.1, 0.15) is 13.3 Å². The maximum absolute atomic E-state index is 10.7. The summed E-state index contributed by atoms with van der Waals surface area (Å²) in [6, 6.07) is 0. The van der Waals surface area contributed by atoms with E-state index >= 15 is 0 Å². The topological polar surface area (TPSA) is 29.5 Å². The van der Waals surface area contributed by atoms with E-state index in [9.17, 15) is 4.79 Å². The number of carbonyl (C=O) groups is 1. The molecule has 0 spiro atoms. The van der Waals surface area contributed by atoms with Crippen LogP contribution >= 0.6 is 0 Å². The quantitative estimate of drug-likeness (QED) is 0.577. The van der Waals surface area contributed by atoms with Gasteiger partial charge < -0.3 is 9.64 Å². The average Bonchev–Trinajstić information content (AvgIpc) is 1.85. The highest BCUT2D eigenvalue weighted by molar-refractivity contribution is 5.76. The Labute approximate surface area is 67.3 Å². The second-order valence-corrected chi connectivity index (χ2v) is 3.16. The summed E-state index contributed by atoms with van der Waals surface area (Å²) < 4.78 is 5.40. The Hall–Kier alpha value is -0.410. The maximum Gasteiger partial charge on any atom is 0.132 e. The normalized spacial score (nSPS) is 26.9. The molecule has 0 aliphatic carbocycles. The second kappa shape index (κ2) is 3.83. The fraction of sp³-hybridized carbons (Fsp3) is 0.875. The summed E-state index contributed by atoms with van der Waals surface area (Å²) in [6.07, 6.45) is 0.691. The molecule has 1 heterocycles. The highest BCUT2D eigenvalue weighted by Crippen LogP contribution is 2.06. The van der Waals surface area contributed by atoms with Gasteiger partial charge in [0, 0.05) is 19.5 Å². The summed E-state index contributed by atoms with van der Waals surface area (Å²) in [7, 11) is 2.05.